The van der Waals surface area contributed by atoms with Gasteiger partial charge in [-0.25, -0.2) is 0 Å². The lowest BCUT2D eigenvalue weighted by Crippen LogP contribution is -2.66. The summed E-state index contributed by atoms with van der Waals surface area (Å²) >= 11 is 5.40. The van der Waals surface area contributed by atoms with Crippen LogP contribution in [0.15, 0.2) is 52.5 Å². The monoisotopic (exact) mass is 308 g/mol. The molecule has 0 unspecified atom stereocenters. The zero-order chi connectivity index (χ0) is 12.4. The molecule has 3 heterocycles. The third kappa shape index (κ3) is 1.83. The van der Waals surface area contributed by atoms with Crippen molar-refractivity contribution in [3.8, 4) is 0 Å². The smallest absolute Gasteiger partial charge is 0.318 e. The Balaban J connectivity index is 2.25. The molecule has 0 aliphatic carbocycles. The minimum Gasteiger partial charge on any atom is -0.406 e. The highest BCUT2D eigenvalue weighted by Crippen LogP contribution is 2.16. The van der Waals surface area contributed by atoms with Crippen molar-refractivity contribution in [2.75, 3.05) is 7.11 Å². The van der Waals surface area contributed by atoms with Crippen molar-refractivity contribution in [2.45, 2.75) is 0 Å². The average Bonchev–Trinajstić information content (AvgIpc) is 3.16. The Morgan fingerprint density at radius 3 is 1.39 bits per heavy atom. The van der Waals surface area contributed by atoms with Crippen LogP contribution in [0.2, 0.25) is 0 Å². The fraction of sp³-hybridized carbons (Fsp3) is 0.0769. The van der Waals surface area contributed by atoms with Gasteiger partial charge in [0.05, 0.1) is 0 Å². The predicted octanol–water partition coefficient (Wildman–Crippen LogP) is 2.48. The Morgan fingerprint density at radius 1 is 0.778 bits per heavy atom. The van der Waals surface area contributed by atoms with Gasteiger partial charge in [-0.1, -0.05) is 18.2 Å². The lowest BCUT2D eigenvalue weighted by atomic mass is 10.7. The van der Waals surface area contributed by atoms with Crippen LogP contribution in [0.1, 0.15) is 0 Å². The summed E-state index contributed by atoms with van der Waals surface area (Å²) in [5.74, 6) is 0. The van der Waals surface area contributed by atoms with Gasteiger partial charge >= 0.3 is 8.32 Å². The quantitative estimate of drug-likeness (QED) is 0.673. The van der Waals surface area contributed by atoms with E-state index in [-0.39, 0.29) is 0 Å². The van der Waals surface area contributed by atoms with Crippen LogP contribution < -0.4 is 13.5 Å². The summed E-state index contributed by atoms with van der Waals surface area (Å²) in [6.07, 6.45) is 0. The van der Waals surface area contributed by atoms with Crippen LogP contribution in [-0.4, -0.2) is 15.4 Å². The number of thiophene rings is 3. The summed E-state index contributed by atoms with van der Waals surface area (Å²) < 4.78 is 10.3. The first-order chi connectivity index (χ1) is 8.88. The largest absolute Gasteiger partial charge is 0.406 e. The zero-order valence-electron chi connectivity index (χ0n) is 9.83. The molecule has 0 spiro atoms. The SMILES string of the molecule is CO[Si](c1cccs1)(c1cccs1)c1cccs1. The molecule has 0 aliphatic heterocycles. The summed E-state index contributed by atoms with van der Waals surface area (Å²) in [6, 6.07) is 13.0. The molecule has 18 heavy (non-hydrogen) atoms. The van der Waals surface area contributed by atoms with Gasteiger partial charge in [0.15, 0.2) is 0 Å². The van der Waals surface area contributed by atoms with Gasteiger partial charge in [0, 0.05) is 20.6 Å². The molecule has 3 aromatic rings. The zero-order valence-corrected chi connectivity index (χ0v) is 13.3. The molecule has 0 saturated carbocycles. The molecule has 1 nitrogen and oxygen atoms in total. The fourth-order valence-corrected chi connectivity index (χ4v) is 11.7. The molecule has 0 aliphatic rings. The van der Waals surface area contributed by atoms with Crippen LogP contribution in [0, 0.1) is 0 Å². The van der Waals surface area contributed by atoms with E-state index in [2.05, 4.69) is 52.5 Å². The molecule has 0 N–H and O–H groups in total. The van der Waals surface area contributed by atoms with Crippen LogP contribution in [-0.2, 0) is 4.43 Å². The van der Waals surface area contributed by atoms with Gasteiger partial charge in [-0.15, -0.1) is 0 Å². The fourth-order valence-electron chi connectivity index (χ4n) is 2.10. The molecule has 0 fully saturated rings. The lowest BCUT2D eigenvalue weighted by Gasteiger charge is -2.26. The van der Waals surface area contributed by atoms with Gasteiger partial charge in [-0.2, -0.15) is 34.0 Å². The van der Waals surface area contributed by atoms with E-state index in [0.29, 0.717) is 0 Å². The Kier molecular flexibility index (Phi) is 3.49. The standard InChI is InChI=1S/C13H12OS3Si/c1-14-18(11-5-2-8-15-11,12-6-3-9-16-12)13-7-4-10-17-13/h2-10H,1H3. The van der Waals surface area contributed by atoms with Gasteiger partial charge in [-0.3, -0.25) is 0 Å². The summed E-state index contributed by atoms with van der Waals surface area (Å²) in [5.41, 5.74) is 0. The maximum absolute atomic E-state index is 6.14. The van der Waals surface area contributed by atoms with E-state index in [9.17, 15) is 0 Å². The molecule has 0 amide bonds. The van der Waals surface area contributed by atoms with Crippen LogP contribution in [0.3, 0.4) is 0 Å². The molecule has 0 atom stereocenters. The summed E-state index contributed by atoms with van der Waals surface area (Å²) in [6.45, 7) is 0. The van der Waals surface area contributed by atoms with Gasteiger partial charge in [0.1, 0.15) is 0 Å². The Labute approximate surface area is 119 Å². The minimum absolute atomic E-state index is 1.37. The Bertz CT molecular complexity index is 500. The summed E-state index contributed by atoms with van der Waals surface area (Å²) in [4.78, 5) is 0. The number of hydrogen-bond acceptors (Lipinski definition) is 4. The van der Waals surface area contributed by atoms with Gasteiger partial charge in [0.25, 0.3) is 0 Å². The van der Waals surface area contributed by atoms with E-state index in [1.807, 2.05) is 7.11 Å². The first kappa shape index (κ1) is 12.3. The first-order valence-electron chi connectivity index (χ1n) is 5.55. The van der Waals surface area contributed by atoms with E-state index in [0.717, 1.165) is 0 Å². The second-order valence-electron chi connectivity index (χ2n) is 3.82. The minimum atomic E-state index is -2.19. The molecular formula is C13H12OS3Si. The van der Waals surface area contributed by atoms with Crippen LogP contribution >= 0.6 is 34.0 Å². The topological polar surface area (TPSA) is 9.23 Å². The molecule has 0 aromatic carbocycles. The van der Waals surface area contributed by atoms with E-state index >= 15 is 0 Å². The van der Waals surface area contributed by atoms with Crippen molar-refractivity contribution in [1.82, 2.24) is 0 Å². The van der Waals surface area contributed by atoms with E-state index in [4.69, 9.17) is 4.43 Å². The van der Waals surface area contributed by atoms with Gasteiger partial charge in [-0.05, 0) is 34.3 Å². The molecular weight excluding hydrogens is 296 g/mol. The summed E-state index contributed by atoms with van der Waals surface area (Å²) in [5, 5.41) is 6.41. The third-order valence-electron chi connectivity index (χ3n) is 2.91. The van der Waals surface area contributed by atoms with Crippen molar-refractivity contribution in [2.24, 2.45) is 0 Å². The highest BCUT2D eigenvalue weighted by atomic mass is 32.1. The lowest BCUT2D eigenvalue weighted by molar-refractivity contribution is 0.428. The average molecular weight is 309 g/mol. The Hall–Kier alpha value is -0.723. The second kappa shape index (κ2) is 5.11. The van der Waals surface area contributed by atoms with Crippen LogP contribution in [0.25, 0.3) is 0 Å². The van der Waals surface area contributed by atoms with Crippen molar-refractivity contribution >= 4 is 55.8 Å². The van der Waals surface area contributed by atoms with Gasteiger partial charge in [0.2, 0.25) is 0 Å². The molecule has 5 heteroatoms. The third-order valence-corrected chi connectivity index (χ3v) is 11.8. The molecule has 92 valence electrons. The van der Waals surface area contributed by atoms with Crippen LogP contribution in [0.5, 0.6) is 0 Å². The number of hydrogen-bond donors (Lipinski definition) is 0. The number of rotatable bonds is 4. The molecule has 0 saturated heterocycles. The molecule has 3 aromatic heterocycles. The van der Waals surface area contributed by atoms with Crippen LogP contribution in [0.4, 0.5) is 0 Å². The molecule has 3 rings (SSSR count). The van der Waals surface area contributed by atoms with Crippen molar-refractivity contribution < 1.29 is 4.43 Å². The van der Waals surface area contributed by atoms with Crippen molar-refractivity contribution in [3.05, 3.63) is 52.5 Å². The van der Waals surface area contributed by atoms with E-state index in [1.54, 1.807) is 34.0 Å². The van der Waals surface area contributed by atoms with Crippen molar-refractivity contribution in [3.63, 3.8) is 0 Å². The van der Waals surface area contributed by atoms with E-state index < -0.39 is 8.32 Å². The Morgan fingerprint density at radius 2 is 1.17 bits per heavy atom. The highest BCUT2D eigenvalue weighted by Gasteiger charge is 2.44. The molecule has 0 bridgehead atoms. The van der Waals surface area contributed by atoms with Crippen molar-refractivity contribution in [1.29, 1.82) is 0 Å². The summed E-state index contributed by atoms with van der Waals surface area (Å²) in [7, 11) is -0.333. The predicted molar refractivity (Wildman–Crippen MR) is 84.6 cm³/mol. The second-order valence-corrected chi connectivity index (χ2v) is 11.1. The molecule has 0 radical (unpaired) electrons. The maximum atomic E-state index is 6.14. The van der Waals surface area contributed by atoms with E-state index in [1.165, 1.54) is 13.5 Å². The van der Waals surface area contributed by atoms with Gasteiger partial charge < -0.3 is 4.43 Å². The maximum Gasteiger partial charge on any atom is 0.318 e. The normalized spacial score (nSPS) is 11.8. The highest BCUT2D eigenvalue weighted by molar-refractivity contribution is 7.43. The first-order valence-corrected chi connectivity index (χ1v) is 10.1.